The van der Waals surface area contributed by atoms with Gasteiger partial charge in [-0.25, -0.2) is 0 Å². The summed E-state index contributed by atoms with van der Waals surface area (Å²) in [5, 5.41) is 2.55. The zero-order valence-electron chi connectivity index (χ0n) is 10.5. The zero-order valence-corrected chi connectivity index (χ0v) is 10.5. The van der Waals surface area contributed by atoms with Crippen LogP contribution >= 0.6 is 0 Å². The molecule has 4 heteroatoms. The van der Waals surface area contributed by atoms with Gasteiger partial charge in [0.25, 0.3) is 0 Å². The van der Waals surface area contributed by atoms with E-state index in [1.165, 1.54) is 26.2 Å². The van der Waals surface area contributed by atoms with E-state index in [4.69, 9.17) is 0 Å². The van der Waals surface area contributed by atoms with Crippen molar-refractivity contribution >= 4 is 11.8 Å². The summed E-state index contributed by atoms with van der Waals surface area (Å²) in [6.07, 6.45) is 4.75. The monoisotopic (exact) mass is 226 g/mol. The highest BCUT2D eigenvalue weighted by Crippen LogP contribution is 2.27. The maximum absolute atomic E-state index is 11.8. The molecule has 1 aliphatic carbocycles. The van der Waals surface area contributed by atoms with Gasteiger partial charge in [-0.2, -0.15) is 0 Å². The molecule has 4 nitrogen and oxygen atoms in total. The minimum Gasteiger partial charge on any atom is -0.347 e. The number of nitrogens with one attached hydrogen (secondary N) is 1. The summed E-state index contributed by atoms with van der Waals surface area (Å²) in [7, 11) is 1.84. The summed E-state index contributed by atoms with van der Waals surface area (Å²) in [4.78, 5) is 24.3. The molecule has 1 N–H and O–H groups in total. The van der Waals surface area contributed by atoms with Crippen LogP contribution in [0.15, 0.2) is 0 Å². The summed E-state index contributed by atoms with van der Waals surface area (Å²) >= 11 is 0. The van der Waals surface area contributed by atoms with Crippen LogP contribution in [0.4, 0.5) is 0 Å². The molecule has 0 radical (unpaired) electrons. The van der Waals surface area contributed by atoms with E-state index < -0.39 is 0 Å². The van der Waals surface area contributed by atoms with Gasteiger partial charge >= 0.3 is 0 Å². The van der Waals surface area contributed by atoms with Gasteiger partial charge in [0.1, 0.15) is 0 Å². The van der Waals surface area contributed by atoms with Crippen molar-refractivity contribution in [3.63, 3.8) is 0 Å². The van der Waals surface area contributed by atoms with Crippen LogP contribution in [0.2, 0.25) is 0 Å². The highest BCUT2D eigenvalue weighted by molar-refractivity contribution is 5.83. The molecule has 2 amide bonds. The first-order chi connectivity index (χ1) is 7.52. The maximum atomic E-state index is 11.8. The normalized spacial score (nSPS) is 24.9. The van der Waals surface area contributed by atoms with E-state index in [9.17, 15) is 9.59 Å². The number of hydrogen-bond acceptors (Lipinski definition) is 2. The second kappa shape index (κ2) is 5.87. The van der Waals surface area contributed by atoms with Crippen LogP contribution in [0.25, 0.3) is 0 Å². The smallest absolute Gasteiger partial charge is 0.241 e. The Morgan fingerprint density at radius 2 is 1.94 bits per heavy atom. The van der Waals surface area contributed by atoms with E-state index in [-0.39, 0.29) is 18.4 Å². The summed E-state index contributed by atoms with van der Waals surface area (Å²) in [6, 6.07) is 0.343. The Kier molecular flexibility index (Phi) is 4.77. The van der Waals surface area contributed by atoms with Gasteiger partial charge in [0.15, 0.2) is 0 Å². The highest BCUT2D eigenvalue weighted by Gasteiger charge is 2.27. The number of amides is 2. The standard InChI is InChI=1S/C12H22N2O2/c1-9-6-4-5-7-11(9)14(3)12(16)8-13-10(2)15/h9,11H,4-8H2,1-3H3,(H,13,15). The summed E-state index contributed by atoms with van der Waals surface area (Å²) < 4.78 is 0. The average molecular weight is 226 g/mol. The lowest BCUT2D eigenvalue weighted by Gasteiger charge is -2.36. The molecular formula is C12H22N2O2. The van der Waals surface area contributed by atoms with E-state index in [1.807, 2.05) is 7.05 Å². The topological polar surface area (TPSA) is 49.4 Å². The molecule has 1 aliphatic rings. The van der Waals surface area contributed by atoms with Crippen LogP contribution in [0.1, 0.15) is 39.5 Å². The van der Waals surface area contributed by atoms with Crippen molar-refractivity contribution in [1.82, 2.24) is 10.2 Å². The van der Waals surface area contributed by atoms with Gasteiger partial charge < -0.3 is 10.2 Å². The fourth-order valence-corrected chi connectivity index (χ4v) is 2.38. The molecule has 1 saturated carbocycles. The third kappa shape index (κ3) is 3.51. The van der Waals surface area contributed by atoms with Gasteiger partial charge in [-0.05, 0) is 18.8 Å². The largest absolute Gasteiger partial charge is 0.347 e. The SMILES string of the molecule is CC(=O)NCC(=O)N(C)C1CCCCC1C. The quantitative estimate of drug-likeness (QED) is 0.785. The minimum absolute atomic E-state index is 0.00829. The first-order valence-corrected chi connectivity index (χ1v) is 6.02. The van der Waals surface area contributed by atoms with E-state index in [1.54, 1.807) is 4.90 Å². The number of likely N-dealkylation sites (N-methyl/N-ethyl adjacent to an activating group) is 1. The van der Waals surface area contributed by atoms with Crippen molar-refractivity contribution in [3.8, 4) is 0 Å². The van der Waals surface area contributed by atoms with Crippen molar-refractivity contribution < 1.29 is 9.59 Å². The van der Waals surface area contributed by atoms with Gasteiger partial charge in [-0.15, -0.1) is 0 Å². The zero-order chi connectivity index (χ0) is 12.1. The number of carbonyl (C=O) groups excluding carboxylic acids is 2. The molecule has 0 aliphatic heterocycles. The van der Waals surface area contributed by atoms with Gasteiger partial charge in [-0.3, -0.25) is 9.59 Å². The number of nitrogens with zero attached hydrogens (tertiary/aromatic N) is 1. The van der Waals surface area contributed by atoms with Gasteiger partial charge in [-0.1, -0.05) is 19.8 Å². The summed E-state index contributed by atoms with van der Waals surface area (Å²) in [6.45, 7) is 3.75. The fraction of sp³-hybridized carbons (Fsp3) is 0.833. The summed E-state index contributed by atoms with van der Waals surface area (Å²) in [5.41, 5.74) is 0. The Labute approximate surface area is 97.4 Å². The van der Waals surface area contributed by atoms with E-state index in [0.29, 0.717) is 12.0 Å². The van der Waals surface area contributed by atoms with Gasteiger partial charge in [0, 0.05) is 20.0 Å². The number of rotatable bonds is 3. The second-order valence-corrected chi connectivity index (χ2v) is 4.74. The molecule has 2 unspecified atom stereocenters. The molecule has 0 spiro atoms. The molecule has 16 heavy (non-hydrogen) atoms. The lowest BCUT2D eigenvalue weighted by Crippen LogP contribution is -2.46. The number of carbonyl (C=O) groups is 2. The molecule has 0 saturated heterocycles. The van der Waals surface area contributed by atoms with Crippen LogP contribution in [0.3, 0.4) is 0 Å². The molecule has 0 aromatic heterocycles. The Hall–Kier alpha value is -1.06. The second-order valence-electron chi connectivity index (χ2n) is 4.74. The van der Waals surface area contributed by atoms with Crippen molar-refractivity contribution in [2.24, 2.45) is 5.92 Å². The Morgan fingerprint density at radius 3 is 2.50 bits per heavy atom. The fourth-order valence-electron chi connectivity index (χ4n) is 2.38. The first kappa shape index (κ1) is 13.0. The van der Waals surface area contributed by atoms with E-state index in [0.717, 1.165) is 6.42 Å². The average Bonchev–Trinajstić information content (AvgIpc) is 2.25. The maximum Gasteiger partial charge on any atom is 0.241 e. The lowest BCUT2D eigenvalue weighted by atomic mass is 9.85. The molecular weight excluding hydrogens is 204 g/mol. The predicted molar refractivity (Wildman–Crippen MR) is 62.9 cm³/mol. The Balaban J connectivity index is 2.45. The molecule has 92 valence electrons. The third-order valence-corrected chi connectivity index (χ3v) is 3.45. The predicted octanol–water partition coefficient (Wildman–Crippen LogP) is 1.16. The van der Waals surface area contributed by atoms with Gasteiger partial charge in [0.2, 0.25) is 11.8 Å². The molecule has 1 fully saturated rings. The minimum atomic E-state index is -0.154. The molecule has 0 heterocycles. The van der Waals surface area contributed by atoms with Crippen LogP contribution in [-0.4, -0.2) is 36.3 Å². The first-order valence-electron chi connectivity index (χ1n) is 6.02. The Morgan fingerprint density at radius 1 is 1.31 bits per heavy atom. The lowest BCUT2D eigenvalue weighted by molar-refractivity contribution is -0.134. The molecule has 2 atom stereocenters. The molecule has 1 rings (SSSR count). The van der Waals surface area contributed by atoms with Crippen LogP contribution in [0, 0.1) is 5.92 Å². The van der Waals surface area contributed by atoms with Crippen LogP contribution in [0.5, 0.6) is 0 Å². The Bertz CT molecular complexity index is 266. The van der Waals surface area contributed by atoms with E-state index in [2.05, 4.69) is 12.2 Å². The number of hydrogen-bond donors (Lipinski definition) is 1. The van der Waals surface area contributed by atoms with Crippen molar-refractivity contribution in [1.29, 1.82) is 0 Å². The van der Waals surface area contributed by atoms with E-state index >= 15 is 0 Å². The molecule has 0 aromatic rings. The highest BCUT2D eigenvalue weighted by atomic mass is 16.2. The molecule has 0 bridgehead atoms. The van der Waals surface area contributed by atoms with Crippen molar-refractivity contribution in [2.45, 2.75) is 45.6 Å². The van der Waals surface area contributed by atoms with Gasteiger partial charge in [0.05, 0.1) is 6.54 Å². The van der Waals surface area contributed by atoms with Crippen LogP contribution in [-0.2, 0) is 9.59 Å². The third-order valence-electron chi connectivity index (χ3n) is 3.45. The van der Waals surface area contributed by atoms with Crippen molar-refractivity contribution in [3.05, 3.63) is 0 Å². The summed E-state index contributed by atoms with van der Waals surface area (Å²) in [5.74, 6) is 0.424. The van der Waals surface area contributed by atoms with Crippen LogP contribution < -0.4 is 5.32 Å². The van der Waals surface area contributed by atoms with Crippen molar-refractivity contribution in [2.75, 3.05) is 13.6 Å². The molecule has 0 aromatic carbocycles.